The lowest BCUT2D eigenvalue weighted by Gasteiger charge is -2.12. The molecule has 7 heteroatoms. The fourth-order valence-electron chi connectivity index (χ4n) is 3.29. The van der Waals surface area contributed by atoms with Crippen LogP contribution in [-0.4, -0.2) is 36.8 Å². The van der Waals surface area contributed by atoms with Crippen LogP contribution in [0.4, 0.5) is 0 Å². The molecule has 0 saturated heterocycles. The number of nitrogens with zero attached hydrogens (tertiary/aromatic N) is 4. The lowest BCUT2D eigenvalue weighted by Crippen LogP contribution is -2.32. The van der Waals surface area contributed by atoms with Crippen molar-refractivity contribution in [3.05, 3.63) is 54.1 Å². The SMILES string of the molecule is Cc1ccc(-c2nc3ccccc3c3nnc(S[C@@H](C)C(=O)NC4CC4)n23)cc1. The van der Waals surface area contributed by atoms with E-state index in [1.165, 1.54) is 17.3 Å². The molecule has 0 aliphatic heterocycles. The van der Waals surface area contributed by atoms with Gasteiger partial charge >= 0.3 is 0 Å². The summed E-state index contributed by atoms with van der Waals surface area (Å²) < 4.78 is 1.97. The van der Waals surface area contributed by atoms with E-state index in [0.717, 1.165) is 40.8 Å². The average molecular weight is 404 g/mol. The van der Waals surface area contributed by atoms with Crippen LogP contribution in [0.2, 0.25) is 0 Å². The Bertz CT molecular complexity index is 1210. The molecule has 2 aromatic carbocycles. The molecule has 146 valence electrons. The summed E-state index contributed by atoms with van der Waals surface area (Å²) in [5.74, 6) is 0.820. The van der Waals surface area contributed by atoms with E-state index in [0.29, 0.717) is 11.2 Å². The van der Waals surface area contributed by atoms with Crippen molar-refractivity contribution >= 4 is 34.2 Å². The number of hydrogen-bond donors (Lipinski definition) is 1. The molecule has 6 nitrogen and oxygen atoms in total. The topological polar surface area (TPSA) is 72.2 Å². The van der Waals surface area contributed by atoms with Gasteiger partial charge in [0.25, 0.3) is 0 Å². The number of benzene rings is 2. The van der Waals surface area contributed by atoms with E-state index in [9.17, 15) is 4.79 Å². The number of fused-ring (bicyclic) bond motifs is 3. The van der Waals surface area contributed by atoms with Gasteiger partial charge in [0.2, 0.25) is 5.91 Å². The third kappa shape index (κ3) is 3.46. The van der Waals surface area contributed by atoms with Crippen LogP contribution in [0.15, 0.2) is 53.7 Å². The molecular weight excluding hydrogens is 382 g/mol. The quantitative estimate of drug-likeness (QED) is 0.510. The van der Waals surface area contributed by atoms with Crippen LogP contribution >= 0.6 is 11.8 Å². The zero-order chi connectivity index (χ0) is 20.0. The maximum atomic E-state index is 12.5. The molecule has 1 aliphatic rings. The normalized spacial score (nSPS) is 15.0. The molecule has 5 rings (SSSR count). The highest BCUT2D eigenvalue weighted by atomic mass is 32.2. The largest absolute Gasteiger partial charge is 0.352 e. The number of hydrogen-bond acceptors (Lipinski definition) is 5. The second kappa shape index (κ2) is 7.15. The molecule has 2 aromatic heterocycles. The second-order valence-electron chi connectivity index (χ2n) is 7.50. The minimum Gasteiger partial charge on any atom is -0.352 e. The molecule has 2 heterocycles. The lowest BCUT2D eigenvalue weighted by atomic mass is 10.1. The van der Waals surface area contributed by atoms with Crippen LogP contribution in [0.3, 0.4) is 0 Å². The van der Waals surface area contributed by atoms with E-state index in [1.54, 1.807) is 0 Å². The van der Waals surface area contributed by atoms with Gasteiger partial charge in [-0.25, -0.2) is 4.98 Å². The van der Waals surface area contributed by atoms with E-state index in [1.807, 2.05) is 35.6 Å². The Kier molecular flexibility index (Phi) is 4.47. The number of aryl methyl sites for hydroxylation is 1. The first kappa shape index (κ1) is 18.1. The minimum atomic E-state index is -0.264. The highest BCUT2D eigenvalue weighted by Crippen LogP contribution is 2.31. The number of carbonyl (C=O) groups excluding carboxylic acids is 1. The van der Waals surface area contributed by atoms with Crippen LogP contribution in [0, 0.1) is 6.92 Å². The van der Waals surface area contributed by atoms with Crippen molar-refractivity contribution in [3.63, 3.8) is 0 Å². The van der Waals surface area contributed by atoms with Crippen LogP contribution in [-0.2, 0) is 4.79 Å². The van der Waals surface area contributed by atoms with Crippen molar-refractivity contribution in [2.45, 2.75) is 43.1 Å². The summed E-state index contributed by atoms with van der Waals surface area (Å²) in [6, 6.07) is 16.5. The first-order valence-electron chi connectivity index (χ1n) is 9.78. The molecule has 1 amide bonds. The summed E-state index contributed by atoms with van der Waals surface area (Å²) in [5.41, 5.74) is 3.81. The van der Waals surface area contributed by atoms with Crippen molar-refractivity contribution in [2.75, 3.05) is 0 Å². The number of nitrogens with one attached hydrogen (secondary N) is 1. The average Bonchev–Trinajstić information content (AvgIpc) is 3.45. The second-order valence-corrected chi connectivity index (χ2v) is 8.81. The van der Waals surface area contributed by atoms with Gasteiger partial charge in [-0.2, -0.15) is 0 Å². The first-order valence-corrected chi connectivity index (χ1v) is 10.7. The van der Waals surface area contributed by atoms with E-state index < -0.39 is 0 Å². The predicted molar refractivity (Wildman–Crippen MR) is 115 cm³/mol. The first-order chi connectivity index (χ1) is 14.1. The highest BCUT2D eigenvalue weighted by molar-refractivity contribution is 8.00. The Morgan fingerprint density at radius 2 is 1.90 bits per heavy atom. The highest BCUT2D eigenvalue weighted by Gasteiger charge is 2.27. The number of rotatable bonds is 5. The lowest BCUT2D eigenvalue weighted by molar-refractivity contribution is -0.120. The van der Waals surface area contributed by atoms with Crippen molar-refractivity contribution in [3.8, 4) is 11.4 Å². The van der Waals surface area contributed by atoms with E-state index in [2.05, 4.69) is 46.7 Å². The van der Waals surface area contributed by atoms with Crippen molar-refractivity contribution in [2.24, 2.45) is 0 Å². The minimum absolute atomic E-state index is 0.0416. The van der Waals surface area contributed by atoms with Crippen molar-refractivity contribution < 1.29 is 4.79 Å². The molecule has 4 aromatic rings. The Balaban J connectivity index is 1.63. The Morgan fingerprint density at radius 3 is 2.66 bits per heavy atom. The van der Waals surface area contributed by atoms with Crippen LogP contribution in [0.1, 0.15) is 25.3 Å². The summed E-state index contributed by atoms with van der Waals surface area (Å²) in [5, 5.41) is 13.3. The van der Waals surface area contributed by atoms with Crippen LogP contribution in [0.25, 0.3) is 27.9 Å². The van der Waals surface area contributed by atoms with Gasteiger partial charge in [-0.05, 0) is 38.8 Å². The molecular formula is C22H21N5OS. The molecule has 1 aliphatic carbocycles. The number of aromatic nitrogens is 4. The fourth-order valence-corrected chi connectivity index (χ4v) is 4.15. The molecule has 29 heavy (non-hydrogen) atoms. The third-order valence-corrected chi connectivity index (χ3v) is 6.14. The van der Waals surface area contributed by atoms with Gasteiger partial charge in [0, 0.05) is 17.0 Å². The van der Waals surface area contributed by atoms with Gasteiger partial charge in [-0.15, -0.1) is 10.2 Å². The van der Waals surface area contributed by atoms with Gasteiger partial charge in [0.05, 0.1) is 10.8 Å². The van der Waals surface area contributed by atoms with Gasteiger partial charge in [0.1, 0.15) is 5.82 Å². The van der Waals surface area contributed by atoms with Crippen LogP contribution in [0.5, 0.6) is 0 Å². The third-order valence-electron chi connectivity index (χ3n) is 5.10. The summed E-state index contributed by atoms with van der Waals surface area (Å²) in [6.07, 6.45) is 2.15. The van der Waals surface area contributed by atoms with E-state index >= 15 is 0 Å². The predicted octanol–water partition coefficient (Wildman–Crippen LogP) is 4.01. The van der Waals surface area contributed by atoms with Crippen molar-refractivity contribution in [1.29, 1.82) is 0 Å². The van der Waals surface area contributed by atoms with E-state index in [-0.39, 0.29) is 11.2 Å². The summed E-state index contributed by atoms with van der Waals surface area (Å²) in [4.78, 5) is 17.4. The Hall–Kier alpha value is -2.93. The smallest absolute Gasteiger partial charge is 0.233 e. The zero-order valence-electron chi connectivity index (χ0n) is 16.3. The fraction of sp³-hybridized carbons (Fsp3) is 0.273. The number of carbonyl (C=O) groups is 1. The standard InChI is InChI=1S/C22H21N5OS/c1-13-7-9-15(10-8-13)19-24-18-6-4-3-5-17(18)20-25-26-22(27(19)20)29-14(2)21(28)23-16-11-12-16/h3-10,14,16H,11-12H2,1-2H3,(H,23,28)/t14-/m0/s1. The number of amides is 1. The van der Waals surface area contributed by atoms with Gasteiger partial charge in [0.15, 0.2) is 10.8 Å². The molecule has 0 radical (unpaired) electrons. The molecule has 1 fully saturated rings. The molecule has 1 N–H and O–H groups in total. The van der Waals surface area contributed by atoms with Crippen LogP contribution < -0.4 is 5.32 Å². The van der Waals surface area contributed by atoms with Crippen molar-refractivity contribution in [1.82, 2.24) is 24.9 Å². The molecule has 1 atom stereocenters. The monoisotopic (exact) mass is 403 g/mol. The maximum Gasteiger partial charge on any atom is 0.233 e. The number of thioether (sulfide) groups is 1. The summed E-state index contributed by atoms with van der Waals surface area (Å²) in [6.45, 7) is 3.97. The summed E-state index contributed by atoms with van der Waals surface area (Å²) in [7, 11) is 0. The Labute approximate surface area is 172 Å². The number of para-hydroxylation sites is 1. The maximum absolute atomic E-state index is 12.5. The molecule has 0 spiro atoms. The Morgan fingerprint density at radius 1 is 1.14 bits per heavy atom. The van der Waals surface area contributed by atoms with Gasteiger partial charge in [-0.3, -0.25) is 9.20 Å². The molecule has 1 saturated carbocycles. The molecule has 0 unspecified atom stereocenters. The van der Waals surface area contributed by atoms with Gasteiger partial charge < -0.3 is 5.32 Å². The van der Waals surface area contributed by atoms with E-state index in [4.69, 9.17) is 4.98 Å². The molecule has 0 bridgehead atoms. The summed E-state index contributed by atoms with van der Waals surface area (Å²) >= 11 is 1.42. The zero-order valence-corrected chi connectivity index (χ0v) is 17.1. The van der Waals surface area contributed by atoms with Gasteiger partial charge in [-0.1, -0.05) is 53.7 Å².